The molecule has 5 rings (SSSR count). The second kappa shape index (κ2) is 10.7. The molecule has 186 valence electrons. The maximum absolute atomic E-state index is 13.6. The van der Waals surface area contributed by atoms with Crippen LogP contribution in [0.5, 0.6) is 0 Å². The lowest BCUT2D eigenvalue weighted by molar-refractivity contribution is -0.122. The van der Waals surface area contributed by atoms with E-state index in [0.717, 1.165) is 18.7 Å². The molecule has 36 heavy (non-hydrogen) atoms. The number of carbonyl (C=O) groups excluding carboxylic acids is 1. The number of fused-ring (bicyclic) bond motifs is 1. The smallest absolute Gasteiger partial charge is 0.267 e. The highest BCUT2D eigenvalue weighted by atomic mass is 35.5. The Kier molecular flexibility index (Phi) is 7.40. The Labute approximate surface area is 222 Å². The van der Waals surface area contributed by atoms with Crippen molar-refractivity contribution in [2.45, 2.75) is 6.54 Å². The van der Waals surface area contributed by atoms with Crippen molar-refractivity contribution >= 4 is 63.3 Å². The van der Waals surface area contributed by atoms with Crippen LogP contribution in [0.15, 0.2) is 58.4 Å². The first-order valence-electron chi connectivity index (χ1n) is 11.5. The Morgan fingerprint density at radius 1 is 1.08 bits per heavy atom. The molecule has 2 aliphatic heterocycles. The minimum absolute atomic E-state index is 0.108. The highest BCUT2D eigenvalue weighted by molar-refractivity contribution is 8.26. The number of thiocarbonyl (C=S) groups is 1. The van der Waals surface area contributed by atoms with Gasteiger partial charge in [-0.15, -0.1) is 0 Å². The fraction of sp³-hybridized carbons (Fsp3) is 0.280. The van der Waals surface area contributed by atoms with E-state index in [-0.39, 0.29) is 24.6 Å². The summed E-state index contributed by atoms with van der Waals surface area (Å²) in [7, 11) is 0. The van der Waals surface area contributed by atoms with Crippen molar-refractivity contribution in [1.29, 1.82) is 0 Å². The first-order valence-corrected chi connectivity index (χ1v) is 13.1. The number of piperazine rings is 1. The number of benzene rings is 1. The first-order chi connectivity index (χ1) is 17.5. The third-order valence-electron chi connectivity index (χ3n) is 6.27. The monoisotopic (exact) mass is 541 g/mol. The van der Waals surface area contributed by atoms with E-state index in [2.05, 4.69) is 9.80 Å². The summed E-state index contributed by atoms with van der Waals surface area (Å²) in [6.07, 6.45) is 3.30. The van der Waals surface area contributed by atoms with Gasteiger partial charge >= 0.3 is 0 Å². The Hall–Kier alpha value is -2.76. The number of hydrogen-bond acceptors (Lipinski definition) is 8. The molecule has 0 radical (unpaired) electrons. The molecule has 11 heteroatoms. The van der Waals surface area contributed by atoms with E-state index in [1.807, 2.05) is 24.3 Å². The van der Waals surface area contributed by atoms with Crippen LogP contribution in [0, 0.1) is 0 Å². The number of aliphatic hydroxyl groups is 1. The number of aliphatic hydroxyl groups excluding tert-OH is 1. The quantitative estimate of drug-likeness (QED) is 0.377. The Balaban J connectivity index is 1.51. The fourth-order valence-electron chi connectivity index (χ4n) is 4.35. The summed E-state index contributed by atoms with van der Waals surface area (Å²) in [5.41, 5.74) is 1.45. The number of pyridine rings is 1. The number of amides is 1. The first kappa shape index (κ1) is 24.9. The van der Waals surface area contributed by atoms with E-state index < -0.39 is 0 Å². The maximum atomic E-state index is 13.6. The standard InChI is InChI=1S/C25H24ClN5O3S2/c26-19-6-2-1-5-17(19)16-31-24(34)20(36-25(31)35)15-18-22(29-11-9-28(10-12-29)13-14-32)27-21-7-3-4-8-30(21)23(18)33/h1-8,15,32H,9-14,16H2. The Morgan fingerprint density at radius 3 is 2.58 bits per heavy atom. The van der Waals surface area contributed by atoms with E-state index in [0.29, 0.717) is 50.9 Å². The largest absolute Gasteiger partial charge is 0.395 e. The summed E-state index contributed by atoms with van der Waals surface area (Å²) in [5, 5.41) is 9.83. The van der Waals surface area contributed by atoms with Crippen LogP contribution in [-0.2, 0) is 11.3 Å². The van der Waals surface area contributed by atoms with Gasteiger partial charge in [0, 0.05) is 43.9 Å². The van der Waals surface area contributed by atoms with E-state index in [1.165, 1.54) is 21.1 Å². The lowest BCUT2D eigenvalue weighted by atomic mass is 10.2. The van der Waals surface area contributed by atoms with E-state index in [9.17, 15) is 14.7 Å². The lowest BCUT2D eigenvalue weighted by Crippen LogP contribution is -2.48. The number of β-amino-alcohol motifs (C(OH)–C–C–N with tert-alkyl or cyclic N) is 1. The molecule has 0 aliphatic carbocycles. The summed E-state index contributed by atoms with van der Waals surface area (Å²) in [6, 6.07) is 12.7. The topological polar surface area (TPSA) is 81.4 Å². The Morgan fingerprint density at radius 2 is 1.83 bits per heavy atom. The molecule has 1 aromatic carbocycles. The van der Waals surface area contributed by atoms with Crippen molar-refractivity contribution in [3.8, 4) is 0 Å². The van der Waals surface area contributed by atoms with Gasteiger partial charge in [0.25, 0.3) is 11.5 Å². The molecule has 8 nitrogen and oxygen atoms in total. The molecule has 3 aromatic rings. The van der Waals surface area contributed by atoms with Crippen molar-refractivity contribution in [3.63, 3.8) is 0 Å². The van der Waals surface area contributed by atoms with Gasteiger partial charge < -0.3 is 10.0 Å². The van der Waals surface area contributed by atoms with Crippen molar-refractivity contribution in [1.82, 2.24) is 19.2 Å². The van der Waals surface area contributed by atoms with Gasteiger partial charge in [-0.25, -0.2) is 4.98 Å². The van der Waals surface area contributed by atoms with Gasteiger partial charge in [0.1, 0.15) is 15.8 Å². The van der Waals surface area contributed by atoms with Crippen LogP contribution < -0.4 is 10.5 Å². The second-order valence-corrected chi connectivity index (χ2v) is 10.6. The second-order valence-electron chi connectivity index (χ2n) is 8.49. The number of halogens is 1. The van der Waals surface area contributed by atoms with E-state index in [1.54, 1.807) is 30.5 Å². The summed E-state index contributed by atoms with van der Waals surface area (Å²) in [4.78, 5) is 37.9. The van der Waals surface area contributed by atoms with Crippen LogP contribution in [0.25, 0.3) is 11.7 Å². The predicted molar refractivity (Wildman–Crippen MR) is 147 cm³/mol. The van der Waals surface area contributed by atoms with Gasteiger partial charge in [0.15, 0.2) is 0 Å². The molecule has 1 N–H and O–H groups in total. The Bertz CT molecular complexity index is 1420. The zero-order valence-electron chi connectivity index (χ0n) is 19.3. The van der Waals surface area contributed by atoms with Crippen molar-refractivity contribution < 1.29 is 9.90 Å². The van der Waals surface area contributed by atoms with Gasteiger partial charge in [-0.1, -0.05) is 59.8 Å². The lowest BCUT2D eigenvalue weighted by Gasteiger charge is -2.35. The zero-order chi connectivity index (χ0) is 25.2. The molecule has 2 aromatic heterocycles. The normalized spacial score (nSPS) is 18.1. The van der Waals surface area contributed by atoms with Crippen LogP contribution in [0.1, 0.15) is 11.1 Å². The van der Waals surface area contributed by atoms with Crippen LogP contribution in [0.4, 0.5) is 5.82 Å². The molecule has 0 bridgehead atoms. The molecule has 4 heterocycles. The molecule has 0 unspecified atom stereocenters. The highest BCUT2D eigenvalue weighted by Gasteiger charge is 2.33. The molecule has 2 saturated heterocycles. The van der Waals surface area contributed by atoms with Crippen LogP contribution in [0.3, 0.4) is 0 Å². The average molecular weight is 542 g/mol. The molecule has 0 saturated carbocycles. The molecule has 0 spiro atoms. The summed E-state index contributed by atoms with van der Waals surface area (Å²) in [6.45, 7) is 3.79. The van der Waals surface area contributed by atoms with Crippen LogP contribution in [-0.4, -0.2) is 73.8 Å². The minimum atomic E-state index is -0.263. The molecule has 1 amide bonds. The van der Waals surface area contributed by atoms with Gasteiger partial charge in [0.05, 0.1) is 23.6 Å². The van der Waals surface area contributed by atoms with E-state index in [4.69, 9.17) is 28.8 Å². The molecule has 2 aliphatic rings. The number of carbonyl (C=O) groups is 1. The van der Waals surface area contributed by atoms with Crippen LogP contribution in [0.2, 0.25) is 5.02 Å². The fourth-order valence-corrected chi connectivity index (χ4v) is 5.78. The predicted octanol–water partition coefficient (Wildman–Crippen LogP) is 2.86. The zero-order valence-corrected chi connectivity index (χ0v) is 21.7. The van der Waals surface area contributed by atoms with Crippen molar-refractivity contribution in [2.75, 3.05) is 44.2 Å². The third-order valence-corrected chi connectivity index (χ3v) is 8.02. The van der Waals surface area contributed by atoms with E-state index >= 15 is 0 Å². The minimum Gasteiger partial charge on any atom is -0.395 e. The number of rotatable bonds is 6. The average Bonchev–Trinajstić information content (AvgIpc) is 3.15. The summed E-state index contributed by atoms with van der Waals surface area (Å²) in [5.74, 6) is 0.285. The van der Waals surface area contributed by atoms with Gasteiger partial charge in [-0.3, -0.25) is 23.8 Å². The van der Waals surface area contributed by atoms with Crippen molar-refractivity contribution in [2.24, 2.45) is 0 Å². The third kappa shape index (κ3) is 4.91. The SMILES string of the molecule is O=C1C(=Cc2c(N3CCN(CCO)CC3)nc3ccccn3c2=O)SC(=S)N1Cc1ccccc1Cl. The number of aromatic nitrogens is 2. The van der Waals surface area contributed by atoms with Gasteiger partial charge in [0.2, 0.25) is 0 Å². The van der Waals surface area contributed by atoms with Gasteiger partial charge in [-0.2, -0.15) is 0 Å². The number of nitrogens with zero attached hydrogens (tertiary/aromatic N) is 5. The molecular formula is C25H24ClN5O3S2. The highest BCUT2D eigenvalue weighted by Crippen LogP contribution is 2.35. The molecule has 2 fully saturated rings. The van der Waals surface area contributed by atoms with Gasteiger partial charge in [-0.05, 0) is 29.8 Å². The van der Waals surface area contributed by atoms with Crippen molar-refractivity contribution in [3.05, 3.63) is 80.1 Å². The summed E-state index contributed by atoms with van der Waals surface area (Å²) < 4.78 is 1.90. The molecule has 0 atom stereocenters. The number of thioether (sulfide) groups is 1. The van der Waals surface area contributed by atoms with Crippen LogP contribution >= 0.6 is 35.6 Å². The number of hydrogen-bond donors (Lipinski definition) is 1. The maximum Gasteiger partial charge on any atom is 0.267 e. The summed E-state index contributed by atoms with van der Waals surface area (Å²) >= 11 is 13.0. The number of anilines is 1. The molecular weight excluding hydrogens is 518 g/mol.